The van der Waals surface area contributed by atoms with Crippen molar-refractivity contribution in [2.75, 3.05) is 6.54 Å². The number of hydrogen-bond acceptors (Lipinski definition) is 2. The Kier molecular flexibility index (Phi) is 3.38. The number of thiol groups is 1. The van der Waals surface area contributed by atoms with Crippen LogP contribution in [0.4, 0.5) is 0 Å². The third-order valence-corrected chi connectivity index (χ3v) is 0.727. The van der Waals surface area contributed by atoms with E-state index in [0.717, 1.165) is 0 Å². The monoisotopic (exact) mass is 119 g/mol. The Morgan fingerprint density at radius 1 is 1.71 bits per heavy atom. The highest BCUT2D eigenvalue weighted by Gasteiger charge is 1.73. The zero-order chi connectivity index (χ0) is 5.70. The molecule has 0 rings (SSSR count). The van der Waals surface area contributed by atoms with Crippen molar-refractivity contribution in [2.45, 2.75) is 0 Å². The second-order valence-corrected chi connectivity index (χ2v) is 1.63. The Hall–Kier alpha value is -0.530. The van der Waals surface area contributed by atoms with Crippen molar-refractivity contribution in [1.82, 2.24) is 4.72 Å². The van der Waals surface area contributed by atoms with Gasteiger partial charge in [-0.1, -0.05) is 5.92 Å². The Labute approximate surface area is 43.8 Å². The van der Waals surface area contributed by atoms with Crippen LogP contribution in [0.25, 0.3) is 0 Å². The van der Waals surface area contributed by atoms with Crippen LogP contribution >= 0.6 is 0 Å². The Morgan fingerprint density at radius 3 is 2.43 bits per heavy atom. The first-order chi connectivity index (χ1) is 3.27. The second kappa shape index (κ2) is 3.65. The molecule has 4 heteroatoms. The number of hydrogen-bond donors (Lipinski definition) is 2. The van der Waals surface area contributed by atoms with Crippen molar-refractivity contribution in [3.05, 3.63) is 0 Å². The predicted molar refractivity (Wildman–Crippen MR) is 27.2 cm³/mol. The minimum atomic E-state index is -2.50. The van der Waals surface area contributed by atoms with Gasteiger partial charge >= 0.3 is 0 Å². The fourth-order valence-electron chi connectivity index (χ4n) is 0.110. The molecule has 0 spiro atoms. The van der Waals surface area contributed by atoms with Gasteiger partial charge in [0.25, 0.3) is 0 Å². The highest BCUT2D eigenvalue weighted by atomic mass is 32.2. The summed E-state index contributed by atoms with van der Waals surface area (Å²) in [5.41, 5.74) is 0. The molecule has 0 fully saturated rings. The van der Waals surface area contributed by atoms with Gasteiger partial charge in [-0.3, -0.25) is 0 Å². The molecule has 3 nitrogen and oxygen atoms in total. The fourth-order valence-corrected chi connectivity index (χ4v) is 0.331. The third-order valence-electron chi connectivity index (χ3n) is 0.310. The molecule has 0 radical (unpaired) electrons. The maximum Gasteiger partial charge on any atom is 0.202 e. The van der Waals surface area contributed by atoms with Gasteiger partial charge in [-0.05, 0) is 0 Å². The zero-order valence-electron chi connectivity index (χ0n) is 3.55. The third kappa shape index (κ3) is 5.47. The van der Waals surface area contributed by atoms with Gasteiger partial charge in [0.2, 0.25) is 10.9 Å². The van der Waals surface area contributed by atoms with Gasteiger partial charge in [0, 0.05) is 0 Å². The van der Waals surface area contributed by atoms with E-state index in [-0.39, 0.29) is 6.54 Å². The molecular formula is C3H5NO2S. The standard InChI is InChI=1S/C3H5NO2S/c1-2-3-4-7(5)6/h1,7H,3H2,(H,4,5,6). The molecule has 0 unspecified atom stereocenters. The van der Waals surface area contributed by atoms with E-state index in [1.54, 1.807) is 0 Å². The van der Waals surface area contributed by atoms with Crippen molar-refractivity contribution in [3.63, 3.8) is 0 Å². The van der Waals surface area contributed by atoms with Gasteiger partial charge in [0.1, 0.15) is 0 Å². The molecule has 0 aliphatic rings. The number of rotatable bonds is 2. The summed E-state index contributed by atoms with van der Waals surface area (Å²) in [6.45, 7) is 0.0820. The molecule has 0 saturated heterocycles. The van der Waals surface area contributed by atoms with Crippen molar-refractivity contribution in [2.24, 2.45) is 0 Å². The molecule has 1 N–H and O–H groups in total. The van der Waals surface area contributed by atoms with Crippen LogP contribution in [0.1, 0.15) is 0 Å². The Bertz CT molecular complexity index is 136. The van der Waals surface area contributed by atoms with E-state index >= 15 is 0 Å². The molecular weight excluding hydrogens is 114 g/mol. The zero-order valence-corrected chi connectivity index (χ0v) is 4.44. The van der Waals surface area contributed by atoms with Crippen molar-refractivity contribution in [1.29, 1.82) is 0 Å². The average Bonchev–Trinajstić information content (AvgIpc) is 1.61. The lowest BCUT2D eigenvalue weighted by molar-refractivity contribution is 0.606. The molecule has 0 aliphatic carbocycles. The highest BCUT2D eigenvalue weighted by Crippen LogP contribution is 1.49. The van der Waals surface area contributed by atoms with E-state index in [1.165, 1.54) is 0 Å². The van der Waals surface area contributed by atoms with Crippen molar-refractivity contribution >= 4 is 10.9 Å². The van der Waals surface area contributed by atoms with E-state index in [4.69, 9.17) is 6.42 Å². The van der Waals surface area contributed by atoms with Gasteiger partial charge in [-0.15, -0.1) is 6.42 Å². The predicted octanol–water partition coefficient (Wildman–Crippen LogP) is -1.26. The van der Waals surface area contributed by atoms with Crippen LogP contribution < -0.4 is 4.72 Å². The minimum Gasteiger partial charge on any atom is -0.215 e. The first kappa shape index (κ1) is 6.47. The molecule has 0 heterocycles. The minimum absolute atomic E-state index is 0.0820. The molecule has 0 aliphatic heterocycles. The van der Waals surface area contributed by atoms with E-state index in [2.05, 4.69) is 5.92 Å². The molecule has 0 aromatic carbocycles. The summed E-state index contributed by atoms with van der Waals surface area (Å²) in [4.78, 5) is 0. The summed E-state index contributed by atoms with van der Waals surface area (Å²) in [5, 5.41) is 0. The van der Waals surface area contributed by atoms with E-state index in [1.807, 2.05) is 4.72 Å². The topological polar surface area (TPSA) is 46.2 Å². The largest absolute Gasteiger partial charge is 0.215 e. The lowest BCUT2D eigenvalue weighted by Crippen LogP contribution is -2.09. The summed E-state index contributed by atoms with van der Waals surface area (Å²) < 4.78 is 21.2. The maximum atomic E-state index is 9.59. The maximum absolute atomic E-state index is 9.59. The SMILES string of the molecule is C#CCN[SH](=O)=O. The lowest BCUT2D eigenvalue weighted by atomic mass is 10.7. The van der Waals surface area contributed by atoms with Crippen molar-refractivity contribution < 1.29 is 8.42 Å². The van der Waals surface area contributed by atoms with Gasteiger partial charge < -0.3 is 0 Å². The molecule has 7 heavy (non-hydrogen) atoms. The summed E-state index contributed by atoms with van der Waals surface area (Å²) >= 11 is 0. The summed E-state index contributed by atoms with van der Waals surface area (Å²) in [7, 11) is -2.50. The Morgan fingerprint density at radius 2 is 2.29 bits per heavy atom. The van der Waals surface area contributed by atoms with Crippen LogP contribution in [0.2, 0.25) is 0 Å². The molecule has 40 valence electrons. The normalized spacial score (nSPS) is 8.57. The van der Waals surface area contributed by atoms with E-state index in [9.17, 15) is 8.42 Å². The first-order valence-corrected chi connectivity index (χ1v) is 2.76. The van der Waals surface area contributed by atoms with Gasteiger partial charge in [-0.25, -0.2) is 13.1 Å². The molecule has 0 amide bonds. The smallest absolute Gasteiger partial charge is 0.202 e. The molecule has 0 aromatic rings. The molecule has 0 atom stereocenters. The van der Waals surface area contributed by atoms with Crippen LogP contribution in [0.3, 0.4) is 0 Å². The number of nitrogens with one attached hydrogen (secondary N) is 1. The average molecular weight is 119 g/mol. The highest BCUT2D eigenvalue weighted by molar-refractivity contribution is 7.70. The van der Waals surface area contributed by atoms with Gasteiger partial charge in [0.15, 0.2) is 0 Å². The van der Waals surface area contributed by atoms with E-state index < -0.39 is 10.9 Å². The molecule has 0 aromatic heterocycles. The van der Waals surface area contributed by atoms with Crippen molar-refractivity contribution in [3.8, 4) is 12.3 Å². The number of terminal acetylenes is 1. The van der Waals surface area contributed by atoms with E-state index in [0.29, 0.717) is 0 Å². The quantitative estimate of drug-likeness (QED) is 0.352. The second-order valence-electron chi connectivity index (χ2n) is 0.796. The van der Waals surface area contributed by atoms with Gasteiger partial charge in [0.05, 0.1) is 6.54 Å². The van der Waals surface area contributed by atoms with Crippen LogP contribution in [0, 0.1) is 12.3 Å². The first-order valence-electron chi connectivity index (χ1n) is 1.58. The van der Waals surface area contributed by atoms with Crippen LogP contribution in [0.15, 0.2) is 0 Å². The fraction of sp³-hybridized carbons (Fsp3) is 0.333. The summed E-state index contributed by atoms with van der Waals surface area (Å²) in [6.07, 6.45) is 4.70. The Balaban J connectivity index is 3.20. The van der Waals surface area contributed by atoms with Crippen LogP contribution in [-0.2, 0) is 10.9 Å². The van der Waals surface area contributed by atoms with Crippen LogP contribution in [-0.4, -0.2) is 15.0 Å². The summed E-state index contributed by atoms with van der Waals surface area (Å²) in [5.74, 6) is 2.10. The van der Waals surface area contributed by atoms with Crippen LogP contribution in [0.5, 0.6) is 0 Å². The summed E-state index contributed by atoms with van der Waals surface area (Å²) in [6, 6.07) is 0. The molecule has 0 bridgehead atoms. The molecule has 0 saturated carbocycles. The lowest BCUT2D eigenvalue weighted by Gasteiger charge is -1.79. The van der Waals surface area contributed by atoms with Gasteiger partial charge in [-0.2, -0.15) is 0 Å².